The molecule has 0 radical (unpaired) electrons. The summed E-state index contributed by atoms with van der Waals surface area (Å²) in [5.74, 6) is -0.405. The summed E-state index contributed by atoms with van der Waals surface area (Å²) in [4.78, 5) is 24.5. The first-order chi connectivity index (χ1) is 12.0. The summed E-state index contributed by atoms with van der Waals surface area (Å²) in [6.07, 6.45) is 0.254. The van der Waals surface area contributed by atoms with Crippen LogP contribution in [0.5, 0.6) is 5.75 Å². The van der Waals surface area contributed by atoms with Crippen molar-refractivity contribution in [3.8, 4) is 5.75 Å². The van der Waals surface area contributed by atoms with Crippen molar-refractivity contribution in [2.45, 2.75) is 12.5 Å². The molecule has 7 heteroatoms. The zero-order valence-corrected chi connectivity index (χ0v) is 15.2. The SMILES string of the molecule is COC(=O)[C@H](Cc1ccc(OC)cc1)NC(=O)c1c(Cl)cccc1Cl. The van der Waals surface area contributed by atoms with Crippen molar-refractivity contribution in [1.82, 2.24) is 5.32 Å². The molecule has 2 aromatic carbocycles. The van der Waals surface area contributed by atoms with E-state index in [1.807, 2.05) is 12.1 Å². The third-order valence-electron chi connectivity index (χ3n) is 3.58. The predicted octanol–water partition coefficient (Wildman–Crippen LogP) is 3.52. The van der Waals surface area contributed by atoms with E-state index >= 15 is 0 Å². The lowest BCUT2D eigenvalue weighted by Gasteiger charge is -2.17. The maximum Gasteiger partial charge on any atom is 0.328 e. The lowest BCUT2D eigenvalue weighted by atomic mass is 10.0. The summed E-state index contributed by atoms with van der Waals surface area (Å²) < 4.78 is 9.88. The Morgan fingerprint density at radius 3 is 2.16 bits per heavy atom. The standard InChI is InChI=1S/C18H17Cl2NO4/c1-24-12-8-6-11(7-9-12)10-15(18(23)25-2)21-17(22)16-13(19)4-3-5-14(16)20/h3-9,15H,10H2,1-2H3,(H,21,22)/t15-/m0/s1. The van der Waals surface area contributed by atoms with E-state index in [0.29, 0.717) is 5.75 Å². The van der Waals surface area contributed by atoms with Crippen molar-refractivity contribution in [3.63, 3.8) is 0 Å². The fourth-order valence-corrected chi connectivity index (χ4v) is 2.85. The Hall–Kier alpha value is -2.24. The summed E-state index contributed by atoms with van der Waals surface area (Å²) in [5.41, 5.74) is 0.955. The molecule has 2 rings (SSSR count). The van der Waals surface area contributed by atoms with Gasteiger partial charge in [0.2, 0.25) is 0 Å². The van der Waals surface area contributed by atoms with E-state index in [9.17, 15) is 9.59 Å². The van der Waals surface area contributed by atoms with Crippen LogP contribution < -0.4 is 10.1 Å². The van der Waals surface area contributed by atoms with Gasteiger partial charge < -0.3 is 14.8 Å². The molecule has 25 heavy (non-hydrogen) atoms. The molecule has 132 valence electrons. The number of ether oxygens (including phenoxy) is 2. The third-order valence-corrected chi connectivity index (χ3v) is 4.21. The number of hydrogen-bond acceptors (Lipinski definition) is 4. The van der Waals surface area contributed by atoms with E-state index in [4.69, 9.17) is 32.7 Å². The number of benzene rings is 2. The highest BCUT2D eigenvalue weighted by molar-refractivity contribution is 6.39. The molecule has 1 atom stereocenters. The Kier molecular flexibility index (Phi) is 6.67. The van der Waals surface area contributed by atoms with E-state index < -0.39 is 17.9 Å². The highest BCUT2D eigenvalue weighted by Crippen LogP contribution is 2.24. The van der Waals surface area contributed by atoms with Crippen molar-refractivity contribution in [1.29, 1.82) is 0 Å². The lowest BCUT2D eigenvalue weighted by Crippen LogP contribution is -2.43. The van der Waals surface area contributed by atoms with E-state index in [0.717, 1.165) is 5.56 Å². The molecule has 0 saturated heterocycles. The summed E-state index contributed by atoms with van der Waals surface area (Å²) >= 11 is 12.1. The van der Waals surface area contributed by atoms with Gasteiger partial charge in [-0.05, 0) is 29.8 Å². The maximum atomic E-state index is 12.5. The van der Waals surface area contributed by atoms with Gasteiger partial charge in [-0.3, -0.25) is 4.79 Å². The molecule has 1 amide bonds. The average Bonchev–Trinajstić information content (AvgIpc) is 2.61. The van der Waals surface area contributed by atoms with Crippen molar-refractivity contribution in [2.75, 3.05) is 14.2 Å². The Balaban J connectivity index is 2.19. The number of hydrogen-bond donors (Lipinski definition) is 1. The average molecular weight is 382 g/mol. The number of carbonyl (C=O) groups is 2. The molecule has 2 aromatic rings. The van der Waals surface area contributed by atoms with Gasteiger partial charge in [0, 0.05) is 6.42 Å². The monoisotopic (exact) mass is 381 g/mol. The fourth-order valence-electron chi connectivity index (χ4n) is 2.28. The van der Waals surface area contributed by atoms with E-state index in [2.05, 4.69) is 5.32 Å². The van der Waals surface area contributed by atoms with Crippen LogP contribution in [0.25, 0.3) is 0 Å². The summed E-state index contributed by atoms with van der Waals surface area (Å²) in [7, 11) is 2.83. The Labute approximate surface area is 155 Å². The fraction of sp³-hybridized carbons (Fsp3) is 0.222. The predicted molar refractivity (Wildman–Crippen MR) is 96.4 cm³/mol. The van der Waals surface area contributed by atoms with Crippen LogP contribution in [0.1, 0.15) is 15.9 Å². The topological polar surface area (TPSA) is 64.6 Å². The highest BCUT2D eigenvalue weighted by atomic mass is 35.5. The number of nitrogens with one attached hydrogen (secondary N) is 1. The molecule has 5 nitrogen and oxygen atoms in total. The minimum atomic E-state index is -0.877. The van der Waals surface area contributed by atoms with Gasteiger partial charge in [-0.25, -0.2) is 4.79 Å². The van der Waals surface area contributed by atoms with Gasteiger partial charge in [0.1, 0.15) is 11.8 Å². The molecule has 0 aliphatic carbocycles. The smallest absolute Gasteiger partial charge is 0.328 e. The molecular weight excluding hydrogens is 365 g/mol. The van der Waals surface area contributed by atoms with Crippen LogP contribution in [0, 0.1) is 0 Å². The van der Waals surface area contributed by atoms with E-state index in [-0.39, 0.29) is 22.0 Å². The molecule has 0 saturated carbocycles. The van der Waals surface area contributed by atoms with Crippen molar-refractivity contribution < 1.29 is 19.1 Å². The highest BCUT2D eigenvalue weighted by Gasteiger charge is 2.24. The van der Waals surface area contributed by atoms with E-state index in [1.165, 1.54) is 7.11 Å². The van der Waals surface area contributed by atoms with Crippen LogP contribution in [0.2, 0.25) is 10.0 Å². The first-order valence-electron chi connectivity index (χ1n) is 7.42. The number of methoxy groups -OCH3 is 2. The van der Waals surface area contributed by atoms with Gasteiger partial charge in [0.05, 0.1) is 29.8 Å². The van der Waals surface area contributed by atoms with Gasteiger partial charge >= 0.3 is 5.97 Å². The molecule has 0 bridgehead atoms. The molecule has 0 fully saturated rings. The quantitative estimate of drug-likeness (QED) is 0.777. The number of rotatable bonds is 6. The van der Waals surface area contributed by atoms with Gasteiger partial charge in [0.15, 0.2) is 0 Å². The van der Waals surface area contributed by atoms with Crippen molar-refractivity contribution >= 4 is 35.1 Å². The summed E-state index contributed by atoms with van der Waals surface area (Å²) in [6.45, 7) is 0. The second-order valence-electron chi connectivity index (χ2n) is 5.20. The van der Waals surface area contributed by atoms with Crippen LogP contribution in [0.4, 0.5) is 0 Å². The van der Waals surface area contributed by atoms with Crippen LogP contribution in [0.15, 0.2) is 42.5 Å². The number of esters is 1. The van der Waals surface area contributed by atoms with Crippen molar-refractivity contribution in [2.24, 2.45) is 0 Å². The number of amides is 1. The van der Waals surface area contributed by atoms with Crippen LogP contribution in [0.3, 0.4) is 0 Å². The minimum absolute atomic E-state index is 0.120. The minimum Gasteiger partial charge on any atom is -0.497 e. The first-order valence-corrected chi connectivity index (χ1v) is 8.17. The van der Waals surface area contributed by atoms with Gasteiger partial charge in [-0.1, -0.05) is 41.4 Å². The second-order valence-corrected chi connectivity index (χ2v) is 6.01. The molecule has 0 aliphatic heterocycles. The largest absolute Gasteiger partial charge is 0.497 e. The molecule has 0 aliphatic rings. The molecule has 0 unspecified atom stereocenters. The Morgan fingerprint density at radius 1 is 1.04 bits per heavy atom. The lowest BCUT2D eigenvalue weighted by molar-refractivity contribution is -0.142. The zero-order chi connectivity index (χ0) is 18.4. The van der Waals surface area contributed by atoms with Crippen LogP contribution in [-0.4, -0.2) is 32.1 Å². The Morgan fingerprint density at radius 2 is 1.64 bits per heavy atom. The second kappa shape index (κ2) is 8.74. The third kappa shape index (κ3) is 4.87. The van der Waals surface area contributed by atoms with E-state index in [1.54, 1.807) is 37.4 Å². The maximum absolute atomic E-state index is 12.5. The van der Waals surface area contributed by atoms with Crippen LogP contribution >= 0.6 is 23.2 Å². The molecule has 0 heterocycles. The molecule has 1 N–H and O–H groups in total. The van der Waals surface area contributed by atoms with Gasteiger partial charge in [-0.15, -0.1) is 0 Å². The molecule has 0 aromatic heterocycles. The zero-order valence-electron chi connectivity index (χ0n) is 13.7. The first kappa shape index (κ1) is 19.1. The van der Waals surface area contributed by atoms with Crippen molar-refractivity contribution in [3.05, 3.63) is 63.6 Å². The normalized spacial score (nSPS) is 11.5. The summed E-state index contributed by atoms with van der Waals surface area (Å²) in [6, 6.07) is 11.0. The van der Waals surface area contributed by atoms with Crippen LogP contribution in [-0.2, 0) is 16.0 Å². The van der Waals surface area contributed by atoms with Gasteiger partial charge in [-0.2, -0.15) is 0 Å². The summed E-state index contributed by atoms with van der Waals surface area (Å²) in [5, 5.41) is 3.04. The Bertz CT molecular complexity index is 742. The molecule has 0 spiro atoms. The number of halogens is 2. The van der Waals surface area contributed by atoms with Gasteiger partial charge in [0.25, 0.3) is 5.91 Å². The number of carbonyl (C=O) groups excluding carboxylic acids is 2. The molecular formula is C18H17Cl2NO4.